The molecule has 0 spiro atoms. The highest BCUT2D eigenvalue weighted by atomic mass is 16.5. The van der Waals surface area contributed by atoms with Crippen molar-refractivity contribution in [2.45, 2.75) is 26.9 Å². The van der Waals surface area contributed by atoms with Crippen LogP contribution in [0.15, 0.2) is 24.3 Å². The van der Waals surface area contributed by atoms with Gasteiger partial charge >= 0.3 is 5.97 Å². The van der Waals surface area contributed by atoms with Crippen LogP contribution in [0.2, 0.25) is 0 Å². The van der Waals surface area contributed by atoms with Crippen LogP contribution in [0.1, 0.15) is 19.4 Å². The van der Waals surface area contributed by atoms with Gasteiger partial charge in [0.2, 0.25) is 0 Å². The highest BCUT2D eigenvalue weighted by molar-refractivity contribution is 5.72. The van der Waals surface area contributed by atoms with Crippen LogP contribution in [-0.2, 0) is 9.53 Å². The molecule has 0 aliphatic carbocycles. The number of methoxy groups -OCH3 is 1. The van der Waals surface area contributed by atoms with Crippen molar-refractivity contribution < 1.29 is 14.3 Å². The van der Waals surface area contributed by atoms with E-state index in [4.69, 9.17) is 4.74 Å². The van der Waals surface area contributed by atoms with Crippen LogP contribution < -0.4 is 4.74 Å². The van der Waals surface area contributed by atoms with Gasteiger partial charge in [-0.2, -0.15) is 0 Å². The molecule has 0 amide bonds. The molecule has 16 heavy (non-hydrogen) atoms. The molecule has 88 valence electrons. The predicted octanol–water partition coefficient (Wildman–Crippen LogP) is 2.57. The van der Waals surface area contributed by atoms with Crippen LogP contribution in [0.5, 0.6) is 5.75 Å². The van der Waals surface area contributed by atoms with Gasteiger partial charge in [0.05, 0.1) is 13.0 Å². The first kappa shape index (κ1) is 12.6. The second kappa shape index (κ2) is 5.54. The third-order valence-corrected chi connectivity index (χ3v) is 2.62. The summed E-state index contributed by atoms with van der Waals surface area (Å²) in [7, 11) is 1.39. The van der Waals surface area contributed by atoms with Crippen molar-refractivity contribution in [1.82, 2.24) is 0 Å². The first-order valence-corrected chi connectivity index (χ1v) is 5.35. The molecule has 2 atom stereocenters. The lowest BCUT2D eigenvalue weighted by Gasteiger charge is -2.19. The lowest BCUT2D eigenvalue weighted by molar-refractivity contribution is -0.147. The Balaban J connectivity index is 2.60. The van der Waals surface area contributed by atoms with Crippen LogP contribution in [0, 0.1) is 12.8 Å². The molecule has 0 bridgehead atoms. The summed E-state index contributed by atoms with van der Waals surface area (Å²) in [6.07, 6.45) is -0.199. The molecule has 1 aromatic rings. The summed E-state index contributed by atoms with van der Waals surface area (Å²) in [5.41, 5.74) is 1.18. The van der Waals surface area contributed by atoms with E-state index < -0.39 is 0 Å². The Morgan fingerprint density at radius 2 is 1.75 bits per heavy atom. The molecule has 0 fully saturated rings. The Labute approximate surface area is 96.4 Å². The lowest BCUT2D eigenvalue weighted by atomic mass is 10.1. The average Bonchev–Trinajstić information content (AvgIpc) is 2.30. The maximum Gasteiger partial charge on any atom is 0.312 e. The Bertz CT molecular complexity index is 343. The van der Waals surface area contributed by atoms with Crippen LogP contribution >= 0.6 is 0 Å². The number of ether oxygens (including phenoxy) is 2. The van der Waals surface area contributed by atoms with Gasteiger partial charge < -0.3 is 9.47 Å². The molecule has 0 saturated heterocycles. The number of benzene rings is 1. The lowest BCUT2D eigenvalue weighted by Crippen LogP contribution is -2.29. The number of esters is 1. The van der Waals surface area contributed by atoms with E-state index in [2.05, 4.69) is 4.74 Å². The van der Waals surface area contributed by atoms with Crippen LogP contribution in [0.25, 0.3) is 0 Å². The minimum atomic E-state index is -0.272. The molecule has 0 saturated carbocycles. The number of hydrogen-bond donors (Lipinski definition) is 0. The minimum Gasteiger partial charge on any atom is -0.490 e. The van der Waals surface area contributed by atoms with E-state index in [1.165, 1.54) is 12.7 Å². The smallest absolute Gasteiger partial charge is 0.312 e. The van der Waals surface area contributed by atoms with Gasteiger partial charge in [-0.1, -0.05) is 17.7 Å². The van der Waals surface area contributed by atoms with Crippen molar-refractivity contribution in [3.63, 3.8) is 0 Å². The van der Waals surface area contributed by atoms with Crippen molar-refractivity contribution in [2.24, 2.45) is 5.92 Å². The minimum absolute atomic E-state index is 0.199. The zero-order chi connectivity index (χ0) is 12.1. The highest BCUT2D eigenvalue weighted by Gasteiger charge is 2.22. The van der Waals surface area contributed by atoms with Crippen molar-refractivity contribution >= 4 is 5.97 Å². The monoisotopic (exact) mass is 222 g/mol. The van der Waals surface area contributed by atoms with Crippen molar-refractivity contribution in [1.29, 1.82) is 0 Å². The van der Waals surface area contributed by atoms with Crippen molar-refractivity contribution in [3.8, 4) is 5.75 Å². The van der Waals surface area contributed by atoms with Gasteiger partial charge in [0.1, 0.15) is 11.9 Å². The number of carbonyl (C=O) groups is 1. The zero-order valence-corrected chi connectivity index (χ0v) is 10.2. The normalized spacial score (nSPS) is 14.0. The Morgan fingerprint density at radius 3 is 2.25 bits per heavy atom. The molecule has 0 aliphatic rings. The SMILES string of the molecule is COC(=O)[C@@H](C)[C@@H](C)Oc1ccc(C)cc1. The summed E-state index contributed by atoms with van der Waals surface area (Å²) in [6, 6.07) is 7.75. The van der Waals surface area contributed by atoms with Gasteiger partial charge in [-0.25, -0.2) is 0 Å². The molecule has 1 aromatic carbocycles. The number of carbonyl (C=O) groups excluding carboxylic acids is 1. The Hall–Kier alpha value is -1.51. The molecule has 0 heterocycles. The van der Waals surface area contributed by atoms with E-state index in [9.17, 15) is 4.79 Å². The summed E-state index contributed by atoms with van der Waals surface area (Å²) >= 11 is 0. The number of rotatable bonds is 4. The van der Waals surface area contributed by atoms with Gasteiger partial charge in [-0.15, -0.1) is 0 Å². The summed E-state index contributed by atoms with van der Waals surface area (Å²) in [4.78, 5) is 11.3. The fraction of sp³-hybridized carbons (Fsp3) is 0.462. The van der Waals surface area contributed by atoms with Gasteiger partial charge in [0, 0.05) is 0 Å². The van der Waals surface area contributed by atoms with Crippen LogP contribution in [0.3, 0.4) is 0 Å². The van der Waals surface area contributed by atoms with Crippen LogP contribution in [0.4, 0.5) is 0 Å². The zero-order valence-electron chi connectivity index (χ0n) is 10.2. The molecular weight excluding hydrogens is 204 g/mol. The second-order valence-corrected chi connectivity index (χ2v) is 3.95. The van der Waals surface area contributed by atoms with Gasteiger partial charge in [0.25, 0.3) is 0 Å². The van der Waals surface area contributed by atoms with Gasteiger partial charge in [-0.3, -0.25) is 4.79 Å². The Kier molecular flexibility index (Phi) is 4.35. The summed E-state index contributed by atoms with van der Waals surface area (Å²) in [5.74, 6) is 0.250. The molecule has 3 nitrogen and oxygen atoms in total. The molecule has 0 aromatic heterocycles. The van der Waals surface area contributed by atoms with Crippen molar-refractivity contribution in [2.75, 3.05) is 7.11 Å². The molecule has 0 N–H and O–H groups in total. The van der Waals surface area contributed by atoms with Gasteiger partial charge in [-0.05, 0) is 32.9 Å². The fourth-order valence-corrected chi connectivity index (χ4v) is 1.31. The van der Waals surface area contributed by atoms with E-state index in [0.29, 0.717) is 0 Å². The third kappa shape index (κ3) is 3.26. The van der Waals surface area contributed by atoms with E-state index in [-0.39, 0.29) is 18.0 Å². The molecule has 0 radical (unpaired) electrons. The maximum absolute atomic E-state index is 11.3. The highest BCUT2D eigenvalue weighted by Crippen LogP contribution is 2.17. The maximum atomic E-state index is 11.3. The summed E-state index contributed by atoms with van der Waals surface area (Å²) in [5, 5.41) is 0. The second-order valence-electron chi connectivity index (χ2n) is 3.95. The molecule has 0 unspecified atom stereocenters. The summed E-state index contributed by atoms with van der Waals surface area (Å²) in [6.45, 7) is 5.68. The Morgan fingerprint density at radius 1 is 1.19 bits per heavy atom. The topological polar surface area (TPSA) is 35.5 Å². The molecule has 1 rings (SSSR count). The summed E-state index contributed by atoms with van der Waals surface area (Å²) < 4.78 is 10.3. The molecule has 3 heteroatoms. The first-order valence-electron chi connectivity index (χ1n) is 5.35. The number of hydrogen-bond acceptors (Lipinski definition) is 3. The van der Waals surface area contributed by atoms with Crippen LogP contribution in [-0.4, -0.2) is 19.2 Å². The van der Waals surface area contributed by atoms with Crippen molar-refractivity contribution in [3.05, 3.63) is 29.8 Å². The largest absolute Gasteiger partial charge is 0.490 e. The average molecular weight is 222 g/mol. The fourth-order valence-electron chi connectivity index (χ4n) is 1.31. The third-order valence-electron chi connectivity index (χ3n) is 2.62. The van der Waals surface area contributed by atoms with E-state index in [0.717, 1.165) is 5.75 Å². The first-order chi connectivity index (χ1) is 7.54. The van der Waals surface area contributed by atoms with E-state index in [1.807, 2.05) is 38.1 Å². The predicted molar refractivity (Wildman–Crippen MR) is 62.4 cm³/mol. The number of aryl methyl sites for hydroxylation is 1. The molecular formula is C13H18O3. The van der Waals surface area contributed by atoms with E-state index in [1.54, 1.807) is 6.92 Å². The quantitative estimate of drug-likeness (QED) is 0.734. The molecule has 0 aliphatic heterocycles. The van der Waals surface area contributed by atoms with Gasteiger partial charge in [0.15, 0.2) is 0 Å². The van der Waals surface area contributed by atoms with E-state index >= 15 is 0 Å². The standard InChI is InChI=1S/C13H18O3/c1-9-5-7-12(8-6-9)16-11(3)10(2)13(14)15-4/h5-8,10-11H,1-4H3/t10-,11+/m0/s1.